The Bertz CT molecular complexity index is 435. The summed E-state index contributed by atoms with van der Waals surface area (Å²) in [7, 11) is 0. The first-order valence-electron chi connectivity index (χ1n) is 6.86. The predicted molar refractivity (Wildman–Crippen MR) is 78.0 cm³/mol. The standard InChI is InChI=1S/C16H24N2O/c1-5-18-13(2)14-7-6-8-15(11-14)19-10-9-16(3,4)12-17/h6-8,11,13,18H,5,9-10H2,1-4H3. The van der Waals surface area contributed by atoms with Gasteiger partial charge in [-0.1, -0.05) is 19.1 Å². The van der Waals surface area contributed by atoms with Gasteiger partial charge in [0.25, 0.3) is 0 Å². The van der Waals surface area contributed by atoms with Crippen LogP contribution in [0.5, 0.6) is 5.75 Å². The third-order valence-corrected chi connectivity index (χ3v) is 3.17. The number of nitriles is 1. The highest BCUT2D eigenvalue weighted by molar-refractivity contribution is 5.30. The third-order valence-electron chi connectivity index (χ3n) is 3.17. The van der Waals surface area contributed by atoms with Gasteiger partial charge >= 0.3 is 0 Å². The van der Waals surface area contributed by atoms with Gasteiger partial charge in [0.1, 0.15) is 5.75 Å². The van der Waals surface area contributed by atoms with Crippen LogP contribution in [0.4, 0.5) is 0 Å². The third kappa shape index (κ3) is 5.32. The predicted octanol–water partition coefficient (Wildman–Crippen LogP) is 3.68. The van der Waals surface area contributed by atoms with Crippen molar-refractivity contribution in [1.29, 1.82) is 5.26 Å². The maximum absolute atomic E-state index is 8.95. The summed E-state index contributed by atoms with van der Waals surface area (Å²) in [5, 5.41) is 12.3. The fourth-order valence-corrected chi connectivity index (χ4v) is 1.78. The summed E-state index contributed by atoms with van der Waals surface area (Å²) in [5.41, 5.74) is 0.896. The number of hydrogen-bond donors (Lipinski definition) is 1. The van der Waals surface area contributed by atoms with Crippen LogP contribution >= 0.6 is 0 Å². The monoisotopic (exact) mass is 260 g/mol. The molecule has 0 spiro atoms. The van der Waals surface area contributed by atoms with Crippen LogP contribution in [0.25, 0.3) is 0 Å². The molecule has 1 atom stereocenters. The smallest absolute Gasteiger partial charge is 0.119 e. The maximum atomic E-state index is 8.95. The van der Waals surface area contributed by atoms with Crippen LogP contribution in [-0.2, 0) is 0 Å². The second-order valence-corrected chi connectivity index (χ2v) is 5.45. The van der Waals surface area contributed by atoms with Crippen molar-refractivity contribution in [2.45, 2.75) is 40.2 Å². The lowest BCUT2D eigenvalue weighted by atomic mass is 9.92. The van der Waals surface area contributed by atoms with E-state index in [9.17, 15) is 0 Å². The molecule has 1 rings (SSSR count). The summed E-state index contributed by atoms with van der Waals surface area (Å²) in [6, 6.07) is 10.7. The molecule has 0 amide bonds. The normalized spacial score (nSPS) is 12.8. The molecule has 1 unspecified atom stereocenters. The van der Waals surface area contributed by atoms with Crippen LogP contribution in [0.2, 0.25) is 0 Å². The first-order valence-corrected chi connectivity index (χ1v) is 6.86. The van der Waals surface area contributed by atoms with Crippen LogP contribution in [-0.4, -0.2) is 13.2 Å². The van der Waals surface area contributed by atoms with Gasteiger partial charge in [-0.3, -0.25) is 0 Å². The van der Waals surface area contributed by atoms with Gasteiger partial charge < -0.3 is 10.1 Å². The van der Waals surface area contributed by atoms with Crippen LogP contribution in [0.3, 0.4) is 0 Å². The van der Waals surface area contributed by atoms with Gasteiger partial charge in [0.15, 0.2) is 0 Å². The second-order valence-electron chi connectivity index (χ2n) is 5.45. The minimum absolute atomic E-state index is 0.323. The van der Waals surface area contributed by atoms with E-state index in [0.717, 1.165) is 18.7 Å². The van der Waals surface area contributed by atoms with E-state index in [4.69, 9.17) is 10.00 Å². The molecule has 1 aromatic rings. The summed E-state index contributed by atoms with van der Waals surface area (Å²) < 4.78 is 5.73. The molecular formula is C16H24N2O. The summed E-state index contributed by atoms with van der Waals surface area (Å²) in [5.74, 6) is 0.871. The Morgan fingerprint density at radius 3 is 2.79 bits per heavy atom. The molecular weight excluding hydrogens is 236 g/mol. The Kier molecular flexibility index (Phi) is 5.85. The zero-order valence-corrected chi connectivity index (χ0v) is 12.4. The van der Waals surface area contributed by atoms with Crippen LogP contribution < -0.4 is 10.1 Å². The van der Waals surface area contributed by atoms with Crippen molar-refractivity contribution in [3.05, 3.63) is 29.8 Å². The van der Waals surface area contributed by atoms with Crippen molar-refractivity contribution in [2.75, 3.05) is 13.2 Å². The van der Waals surface area contributed by atoms with Crippen molar-refractivity contribution in [3.8, 4) is 11.8 Å². The van der Waals surface area contributed by atoms with E-state index >= 15 is 0 Å². The van der Waals surface area contributed by atoms with Gasteiger partial charge in [0, 0.05) is 6.04 Å². The molecule has 0 radical (unpaired) electrons. The summed E-state index contributed by atoms with van der Waals surface area (Å²) >= 11 is 0. The lowest BCUT2D eigenvalue weighted by Crippen LogP contribution is -2.17. The van der Waals surface area contributed by atoms with Crippen molar-refractivity contribution in [1.82, 2.24) is 5.32 Å². The molecule has 0 aliphatic heterocycles. The quantitative estimate of drug-likeness (QED) is 0.813. The number of hydrogen-bond acceptors (Lipinski definition) is 3. The Labute approximate surface area is 116 Å². The van der Waals surface area contributed by atoms with E-state index in [-0.39, 0.29) is 5.41 Å². The van der Waals surface area contributed by atoms with Gasteiger partial charge in [-0.15, -0.1) is 0 Å². The highest BCUT2D eigenvalue weighted by Crippen LogP contribution is 2.22. The molecule has 3 heteroatoms. The summed E-state index contributed by atoms with van der Waals surface area (Å²) in [4.78, 5) is 0. The fourth-order valence-electron chi connectivity index (χ4n) is 1.78. The molecule has 0 aliphatic rings. The molecule has 3 nitrogen and oxygen atoms in total. The fraction of sp³-hybridized carbons (Fsp3) is 0.562. The van der Waals surface area contributed by atoms with E-state index < -0.39 is 0 Å². The molecule has 0 bridgehead atoms. The Hall–Kier alpha value is -1.53. The number of benzene rings is 1. The minimum atomic E-state index is -0.325. The Morgan fingerprint density at radius 2 is 2.16 bits per heavy atom. The van der Waals surface area contributed by atoms with Crippen molar-refractivity contribution >= 4 is 0 Å². The summed E-state index contributed by atoms with van der Waals surface area (Å²) in [6.07, 6.45) is 0.733. The number of nitrogens with zero attached hydrogens (tertiary/aromatic N) is 1. The first-order chi connectivity index (χ1) is 8.98. The molecule has 0 saturated heterocycles. The number of ether oxygens (including phenoxy) is 1. The summed E-state index contributed by atoms with van der Waals surface area (Å²) in [6.45, 7) is 9.62. The van der Waals surface area contributed by atoms with E-state index in [2.05, 4.69) is 37.4 Å². The molecule has 104 valence electrons. The molecule has 1 aromatic carbocycles. The zero-order valence-electron chi connectivity index (χ0n) is 12.4. The van der Waals surface area contributed by atoms with Crippen molar-refractivity contribution < 1.29 is 4.74 Å². The second kappa shape index (κ2) is 7.16. The van der Waals surface area contributed by atoms with Crippen molar-refractivity contribution in [2.24, 2.45) is 5.41 Å². The van der Waals surface area contributed by atoms with Gasteiger partial charge in [-0.05, 0) is 51.4 Å². The van der Waals surface area contributed by atoms with Gasteiger partial charge in [0.2, 0.25) is 0 Å². The number of nitrogens with one attached hydrogen (secondary N) is 1. The van der Waals surface area contributed by atoms with E-state index in [1.807, 2.05) is 26.0 Å². The van der Waals surface area contributed by atoms with Crippen LogP contribution in [0.1, 0.15) is 45.7 Å². The Balaban J connectivity index is 2.56. The van der Waals surface area contributed by atoms with Gasteiger partial charge in [-0.25, -0.2) is 0 Å². The average Bonchev–Trinajstić information content (AvgIpc) is 2.39. The van der Waals surface area contributed by atoms with Crippen LogP contribution in [0.15, 0.2) is 24.3 Å². The number of rotatable bonds is 7. The largest absolute Gasteiger partial charge is 0.494 e. The molecule has 0 aliphatic carbocycles. The topological polar surface area (TPSA) is 45.0 Å². The first kappa shape index (κ1) is 15.5. The van der Waals surface area contributed by atoms with Gasteiger partial charge in [-0.2, -0.15) is 5.26 Å². The maximum Gasteiger partial charge on any atom is 0.119 e. The highest BCUT2D eigenvalue weighted by atomic mass is 16.5. The lowest BCUT2D eigenvalue weighted by molar-refractivity contribution is 0.264. The van der Waals surface area contributed by atoms with Gasteiger partial charge in [0.05, 0.1) is 18.1 Å². The average molecular weight is 260 g/mol. The van der Waals surface area contributed by atoms with E-state index in [1.54, 1.807) is 0 Å². The molecule has 0 saturated carbocycles. The van der Waals surface area contributed by atoms with E-state index in [1.165, 1.54) is 5.56 Å². The minimum Gasteiger partial charge on any atom is -0.494 e. The highest BCUT2D eigenvalue weighted by Gasteiger charge is 2.16. The molecule has 1 N–H and O–H groups in total. The molecule has 19 heavy (non-hydrogen) atoms. The van der Waals surface area contributed by atoms with Crippen LogP contribution in [0, 0.1) is 16.7 Å². The molecule has 0 aromatic heterocycles. The molecule has 0 fully saturated rings. The van der Waals surface area contributed by atoms with E-state index in [0.29, 0.717) is 12.6 Å². The zero-order chi connectivity index (χ0) is 14.3. The molecule has 0 heterocycles. The Morgan fingerprint density at radius 1 is 1.42 bits per heavy atom. The lowest BCUT2D eigenvalue weighted by Gasteiger charge is -2.17. The van der Waals surface area contributed by atoms with Crippen molar-refractivity contribution in [3.63, 3.8) is 0 Å². The SMILES string of the molecule is CCNC(C)c1cccc(OCCC(C)(C)C#N)c1.